The van der Waals surface area contributed by atoms with Crippen LogP contribution in [0.4, 0.5) is 13.2 Å². The number of hydrogen-bond acceptors (Lipinski definition) is 3. The molecular weight excluding hydrogens is 257 g/mol. The molecule has 0 aliphatic heterocycles. The topological polar surface area (TPSA) is 35.0 Å². The maximum absolute atomic E-state index is 12.9. The van der Waals surface area contributed by atoms with E-state index in [4.69, 9.17) is 4.74 Å². The van der Waals surface area contributed by atoms with Crippen molar-refractivity contribution in [3.8, 4) is 5.88 Å². The Morgan fingerprint density at radius 1 is 1.11 bits per heavy atom. The molecule has 0 bridgehead atoms. The quantitative estimate of drug-likeness (QED) is 0.852. The Bertz CT molecular complexity index is 543. The molecule has 0 aliphatic rings. The molecular formula is C13H11F3N2O. The second-order valence-electron chi connectivity index (χ2n) is 3.91. The van der Waals surface area contributed by atoms with Crippen molar-refractivity contribution in [3.05, 3.63) is 53.7 Å². The van der Waals surface area contributed by atoms with Crippen LogP contribution in [-0.4, -0.2) is 10.2 Å². The van der Waals surface area contributed by atoms with E-state index in [1.165, 1.54) is 18.3 Å². The summed E-state index contributed by atoms with van der Waals surface area (Å²) in [6.45, 7) is 1.54. The van der Waals surface area contributed by atoms with E-state index < -0.39 is 17.8 Å². The van der Waals surface area contributed by atoms with Gasteiger partial charge in [-0.25, -0.2) is 0 Å². The van der Waals surface area contributed by atoms with E-state index in [1.807, 2.05) is 0 Å². The van der Waals surface area contributed by atoms with Gasteiger partial charge in [0.2, 0.25) is 5.88 Å². The molecule has 1 heterocycles. The molecule has 1 unspecified atom stereocenters. The summed E-state index contributed by atoms with van der Waals surface area (Å²) in [5, 5.41) is 7.29. The molecule has 0 fully saturated rings. The Morgan fingerprint density at radius 2 is 1.84 bits per heavy atom. The molecule has 0 N–H and O–H groups in total. The molecule has 1 atom stereocenters. The summed E-state index contributed by atoms with van der Waals surface area (Å²) in [6, 6.07) is 8.46. The van der Waals surface area contributed by atoms with Crippen LogP contribution in [0.3, 0.4) is 0 Å². The number of aromatic nitrogens is 2. The van der Waals surface area contributed by atoms with E-state index in [2.05, 4.69) is 10.2 Å². The summed E-state index contributed by atoms with van der Waals surface area (Å²) >= 11 is 0. The molecule has 0 saturated heterocycles. The second kappa shape index (κ2) is 5.26. The fourth-order valence-electron chi connectivity index (χ4n) is 1.70. The van der Waals surface area contributed by atoms with Gasteiger partial charge in [0.25, 0.3) is 0 Å². The van der Waals surface area contributed by atoms with Gasteiger partial charge in [0.1, 0.15) is 6.10 Å². The normalized spacial score (nSPS) is 13.1. The molecule has 2 rings (SSSR count). The van der Waals surface area contributed by atoms with E-state index in [1.54, 1.807) is 25.1 Å². The molecule has 0 amide bonds. The maximum atomic E-state index is 12.9. The number of alkyl halides is 3. The summed E-state index contributed by atoms with van der Waals surface area (Å²) < 4.78 is 44.0. The first-order valence-electron chi connectivity index (χ1n) is 5.59. The van der Waals surface area contributed by atoms with Gasteiger partial charge in [0, 0.05) is 17.8 Å². The van der Waals surface area contributed by atoms with Crippen LogP contribution < -0.4 is 4.74 Å². The van der Waals surface area contributed by atoms with Gasteiger partial charge in [-0.1, -0.05) is 18.2 Å². The minimum absolute atomic E-state index is 0.0700. The standard InChI is InChI=1S/C13H11F3N2O/c1-9(19-12-7-4-8-17-18-12)10-5-2-3-6-11(10)13(14,15)16/h2-9H,1H3. The lowest BCUT2D eigenvalue weighted by Crippen LogP contribution is -2.14. The molecule has 2 aromatic rings. The van der Waals surface area contributed by atoms with Crippen molar-refractivity contribution in [3.63, 3.8) is 0 Å². The van der Waals surface area contributed by atoms with Crippen molar-refractivity contribution in [2.24, 2.45) is 0 Å². The number of benzene rings is 1. The summed E-state index contributed by atoms with van der Waals surface area (Å²) in [5.74, 6) is 0.187. The highest BCUT2D eigenvalue weighted by Crippen LogP contribution is 2.35. The molecule has 1 aromatic heterocycles. The third-order valence-electron chi connectivity index (χ3n) is 2.55. The average molecular weight is 268 g/mol. The molecule has 100 valence electrons. The average Bonchev–Trinajstić information content (AvgIpc) is 2.39. The number of hydrogen-bond donors (Lipinski definition) is 0. The zero-order chi connectivity index (χ0) is 13.9. The molecule has 6 heteroatoms. The van der Waals surface area contributed by atoms with E-state index in [0.717, 1.165) is 6.07 Å². The Hall–Kier alpha value is -2.11. The number of halogens is 3. The van der Waals surface area contributed by atoms with Crippen LogP contribution in [0, 0.1) is 0 Å². The molecule has 0 aliphatic carbocycles. The first-order chi connectivity index (χ1) is 8.98. The highest BCUT2D eigenvalue weighted by atomic mass is 19.4. The summed E-state index contributed by atoms with van der Waals surface area (Å²) in [5.41, 5.74) is -0.632. The van der Waals surface area contributed by atoms with Gasteiger partial charge in [0.05, 0.1) is 5.56 Å². The lowest BCUT2D eigenvalue weighted by Gasteiger charge is -2.18. The predicted molar refractivity (Wildman–Crippen MR) is 62.5 cm³/mol. The summed E-state index contributed by atoms with van der Waals surface area (Å²) in [4.78, 5) is 0. The van der Waals surface area contributed by atoms with E-state index >= 15 is 0 Å². The zero-order valence-electron chi connectivity index (χ0n) is 10.1. The highest BCUT2D eigenvalue weighted by molar-refractivity contribution is 5.31. The fourth-order valence-corrected chi connectivity index (χ4v) is 1.70. The van der Waals surface area contributed by atoms with Crippen LogP contribution in [0.25, 0.3) is 0 Å². The van der Waals surface area contributed by atoms with Crippen LogP contribution in [0.1, 0.15) is 24.2 Å². The van der Waals surface area contributed by atoms with Crippen LogP contribution in [-0.2, 0) is 6.18 Å². The zero-order valence-corrected chi connectivity index (χ0v) is 10.1. The van der Waals surface area contributed by atoms with Gasteiger partial charge in [-0.3, -0.25) is 0 Å². The Balaban J connectivity index is 2.27. The van der Waals surface area contributed by atoms with E-state index in [0.29, 0.717) is 0 Å². The van der Waals surface area contributed by atoms with Gasteiger partial charge < -0.3 is 4.74 Å². The van der Waals surface area contributed by atoms with E-state index in [9.17, 15) is 13.2 Å². The van der Waals surface area contributed by atoms with Gasteiger partial charge in [0.15, 0.2) is 0 Å². The lowest BCUT2D eigenvalue weighted by molar-refractivity contribution is -0.139. The van der Waals surface area contributed by atoms with Crippen molar-refractivity contribution in [1.82, 2.24) is 10.2 Å². The van der Waals surface area contributed by atoms with Crippen molar-refractivity contribution >= 4 is 0 Å². The van der Waals surface area contributed by atoms with Crippen LogP contribution >= 0.6 is 0 Å². The first-order valence-corrected chi connectivity index (χ1v) is 5.59. The third-order valence-corrected chi connectivity index (χ3v) is 2.55. The Labute approximate surface area is 108 Å². The number of ether oxygens (including phenoxy) is 1. The minimum atomic E-state index is -4.41. The van der Waals surface area contributed by atoms with Crippen molar-refractivity contribution in [2.75, 3.05) is 0 Å². The summed E-state index contributed by atoms with van der Waals surface area (Å²) in [6.07, 6.45) is -3.72. The van der Waals surface area contributed by atoms with Gasteiger partial charge in [-0.05, 0) is 19.1 Å². The smallest absolute Gasteiger partial charge is 0.416 e. The largest absolute Gasteiger partial charge is 0.469 e. The number of nitrogens with zero attached hydrogens (tertiary/aromatic N) is 2. The molecule has 0 spiro atoms. The Kier molecular flexibility index (Phi) is 3.69. The molecule has 0 radical (unpaired) electrons. The minimum Gasteiger partial charge on any atom is -0.469 e. The molecule has 0 saturated carbocycles. The van der Waals surface area contributed by atoms with Crippen LogP contribution in [0.15, 0.2) is 42.6 Å². The fraction of sp³-hybridized carbons (Fsp3) is 0.231. The van der Waals surface area contributed by atoms with Crippen LogP contribution in [0.5, 0.6) is 5.88 Å². The van der Waals surface area contributed by atoms with Gasteiger partial charge in [-0.15, -0.1) is 5.10 Å². The lowest BCUT2D eigenvalue weighted by atomic mass is 10.0. The van der Waals surface area contributed by atoms with Crippen molar-refractivity contribution < 1.29 is 17.9 Å². The highest BCUT2D eigenvalue weighted by Gasteiger charge is 2.34. The SMILES string of the molecule is CC(Oc1cccnn1)c1ccccc1C(F)(F)F. The predicted octanol–water partition coefficient (Wildman–Crippen LogP) is 3.64. The molecule has 1 aromatic carbocycles. The summed E-state index contributed by atoms with van der Waals surface area (Å²) in [7, 11) is 0. The second-order valence-corrected chi connectivity index (χ2v) is 3.91. The van der Waals surface area contributed by atoms with Crippen molar-refractivity contribution in [2.45, 2.75) is 19.2 Å². The van der Waals surface area contributed by atoms with E-state index in [-0.39, 0.29) is 11.4 Å². The monoisotopic (exact) mass is 268 g/mol. The Morgan fingerprint density at radius 3 is 2.47 bits per heavy atom. The maximum Gasteiger partial charge on any atom is 0.416 e. The third kappa shape index (κ3) is 3.21. The van der Waals surface area contributed by atoms with Gasteiger partial charge in [-0.2, -0.15) is 18.3 Å². The van der Waals surface area contributed by atoms with Gasteiger partial charge >= 0.3 is 6.18 Å². The first kappa shape index (κ1) is 13.3. The molecule has 19 heavy (non-hydrogen) atoms. The van der Waals surface area contributed by atoms with Crippen molar-refractivity contribution in [1.29, 1.82) is 0 Å². The molecule has 3 nitrogen and oxygen atoms in total. The van der Waals surface area contributed by atoms with Crippen LogP contribution in [0.2, 0.25) is 0 Å². The number of rotatable bonds is 3.